The Morgan fingerprint density at radius 3 is 1.90 bits per heavy atom. The summed E-state index contributed by atoms with van der Waals surface area (Å²) in [5.41, 5.74) is 2.73. The van der Waals surface area contributed by atoms with Gasteiger partial charge in [-0.2, -0.15) is 5.26 Å². The van der Waals surface area contributed by atoms with Crippen molar-refractivity contribution < 1.29 is 8.42 Å². The zero-order chi connectivity index (χ0) is 15.5. The minimum Gasteiger partial charge on any atom is -0.218 e. The van der Waals surface area contributed by atoms with Gasteiger partial charge < -0.3 is 0 Å². The summed E-state index contributed by atoms with van der Waals surface area (Å²) in [6, 6.07) is 15.6. The number of aryl methyl sites for hydroxylation is 2. The van der Waals surface area contributed by atoms with E-state index in [9.17, 15) is 13.7 Å². The second kappa shape index (κ2) is 5.94. The highest BCUT2D eigenvalue weighted by molar-refractivity contribution is 7.95. The van der Waals surface area contributed by atoms with Gasteiger partial charge in [-0.15, -0.1) is 0 Å². The van der Waals surface area contributed by atoms with Crippen molar-refractivity contribution in [3.05, 3.63) is 70.1 Å². The van der Waals surface area contributed by atoms with Crippen LogP contribution in [0.4, 0.5) is 0 Å². The number of allylic oxidation sites excluding steroid dienone is 1. The maximum atomic E-state index is 12.5. The van der Waals surface area contributed by atoms with Crippen LogP contribution in [0.1, 0.15) is 16.7 Å². The normalized spacial score (nSPS) is 12.0. The lowest BCUT2D eigenvalue weighted by Gasteiger charge is -2.04. The highest BCUT2D eigenvalue weighted by Gasteiger charge is 2.20. The quantitative estimate of drug-likeness (QED) is 0.813. The molecule has 0 aliphatic rings. The first-order valence-corrected chi connectivity index (χ1v) is 7.92. The summed E-state index contributed by atoms with van der Waals surface area (Å²) in [4.78, 5) is -0.122. The third-order valence-electron chi connectivity index (χ3n) is 3.11. The molecule has 21 heavy (non-hydrogen) atoms. The van der Waals surface area contributed by atoms with Gasteiger partial charge in [0, 0.05) is 0 Å². The molecule has 2 rings (SSSR count). The summed E-state index contributed by atoms with van der Waals surface area (Å²) >= 11 is 0. The molecule has 0 aromatic heterocycles. The SMILES string of the molecule is Cc1ccc(/C=C(\C#N)S(=O)(=O)c2ccc(C)cc2)cc1. The largest absolute Gasteiger partial charge is 0.218 e. The van der Waals surface area contributed by atoms with Crippen LogP contribution in [0, 0.1) is 25.2 Å². The number of nitrogens with zero attached hydrogens (tertiary/aromatic N) is 1. The van der Waals surface area contributed by atoms with Crippen LogP contribution < -0.4 is 0 Å². The van der Waals surface area contributed by atoms with Crippen LogP contribution in [0.2, 0.25) is 0 Å². The Labute approximate surface area is 125 Å². The maximum Gasteiger partial charge on any atom is 0.216 e. The van der Waals surface area contributed by atoms with Crippen LogP contribution in [0.15, 0.2) is 58.3 Å². The molecule has 0 amide bonds. The predicted molar refractivity (Wildman–Crippen MR) is 83.1 cm³/mol. The Morgan fingerprint density at radius 2 is 1.43 bits per heavy atom. The highest BCUT2D eigenvalue weighted by Crippen LogP contribution is 2.21. The van der Waals surface area contributed by atoms with Crippen molar-refractivity contribution in [1.82, 2.24) is 0 Å². The van der Waals surface area contributed by atoms with Gasteiger partial charge in [-0.1, -0.05) is 47.5 Å². The van der Waals surface area contributed by atoms with Crippen molar-refractivity contribution in [3.8, 4) is 6.07 Å². The third-order valence-corrected chi connectivity index (χ3v) is 4.79. The number of hydrogen-bond acceptors (Lipinski definition) is 3. The average Bonchev–Trinajstić information content (AvgIpc) is 2.47. The van der Waals surface area contributed by atoms with Crippen molar-refractivity contribution in [2.24, 2.45) is 0 Å². The minimum atomic E-state index is -3.78. The van der Waals surface area contributed by atoms with Crippen molar-refractivity contribution >= 4 is 15.9 Å². The van der Waals surface area contributed by atoms with E-state index in [1.165, 1.54) is 18.2 Å². The van der Waals surface area contributed by atoms with Crippen molar-refractivity contribution in [1.29, 1.82) is 5.26 Å². The smallest absolute Gasteiger partial charge is 0.216 e. The Morgan fingerprint density at radius 1 is 0.952 bits per heavy atom. The Hall–Kier alpha value is -2.38. The van der Waals surface area contributed by atoms with Gasteiger partial charge in [0.2, 0.25) is 9.84 Å². The molecule has 0 fully saturated rings. The number of benzene rings is 2. The van der Waals surface area contributed by atoms with E-state index in [-0.39, 0.29) is 9.80 Å². The fourth-order valence-electron chi connectivity index (χ4n) is 1.83. The second-order valence-electron chi connectivity index (χ2n) is 4.85. The van der Waals surface area contributed by atoms with E-state index < -0.39 is 9.84 Å². The van der Waals surface area contributed by atoms with E-state index >= 15 is 0 Å². The first-order chi connectivity index (χ1) is 9.93. The van der Waals surface area contributed by atoms with Crippen LogP contribution in [0.5, 0.6) is 0 Å². The molecule has 3 nitrogen and oxygen atoms in total. The zero-order valence-electron chi connectivity index (χ0n) is 11.9. The van der Waals surface area contributed by atoms with Gasteiger partial charge in [0.25, 0.3) is 0 Å². The summed E-state index contributed by atoms with van der Waals surface area (Å²) in [6.07, 6.45) is 1.40. The van der Waals surface area contributed by atoms with E-state index in [4.69, 9.17) is 0 Å². The van der Waals surface area contributed by atoms with Gasteiger partial charge in [-0.25, -0.2) is 8.42 Å². The molecule has 0 aliphatic carbocycles. The van der Waals surface area contributed by atoms with E-state index in [1.807, 2.05) is 26.0 Å². The monoisotopic (exact) mass is 297 g/mol. The molecule has 0 aliphatic heterocycles. The van der Waals surface area contributed by atoms with Crippen LogP contribution >= 0.6 is 0 Å². The zero-order valence-corrected chi connectivity index (χ0v) is 12.7. The van der Waals surface area contributed by atoms with Crippen LogP contribution in [-0.2, 0) is 9.84 Å². The van der Waals surface area contributed by atoms with Crippen LogP contribution in [0.25, 0.3) is 6.08 Å². The lowest BCUT2D eigenvalue weighted by Crippen LogP contribution is -2.03. The van der Waals surface area contributed by atoms with Gasteiger partial charge in [0.1, 0.15) is 11.0 Å². The summed E-state index contributed by atoms with van der Waals surface area (Å²) in [7, 11) is -3.78. The molecule has 0 unspecified atom stereocenters. The summed E-state index contributed by atoms with van der Waals surface area (Å²) in [6.45, 7) is 3.82. The standard InChI is InChI=1S/C17H15NO2S/c1-13-3-7-15(8-4-13)11-17(12-18)21(19,20)16-9-5-14(2)6-10-16/h3-11H,1-2H3/b17-11+. The lowest BCUT2D eigenvalue weighted by molar-refractivity contribution is 0.603. The fraction of sp³-hybridized carbons (Fsp3) is 0.118. The molecule has 0 atom stereocenters. The van der Waals surface area contributed by atoms with Crippen LogP contribution in [-0.4, -0.2) is 8.42 Å². The van der Waals surface area contributed by atoms with Crippen LogP contribution in [0.3, 0.4) is 0 Å². The van der Waals surface area contributed by atoms with Gasteiger partial charge in [0.15, 0.2) is 0 Å². The summed E-state index contributed by atoms with van der Waals surface area (Å²) in [5.74, 6) is 0. The summed E-state index contributed by atoms with van der Waals surface area (Å²) < 4.78 is 24.9. The lowest BCUT2D eigenvalue weighted by atomic mass is 10.1. The van der Waals surface area contributed by atoms with Crippen molar-refractivity contribution in [2.45, 2.75) is 18.7 Å². The number of hydrogen-bond donors (Lipinski definition) is 0. The van der Waals surface area contributed by atoms with E-state index in [0.717, 1.165) is 11.1 Å². The first kappa shape index (κ1) is 15.0. The van der Waals surface area contributed by atoms with Gasteiger partial charge >= 0.3 is 0 Å². The molecular formula is C17H15NO2S. The molecule has 0 N–H and O–H groups in total. The molecule has 4 heteroatoms. The summed E-state index contributed by atoms with van der Waals surface area (Å²) in [5, 5.41) is 9.20. The molecule has 106 valence electrons. The van der Waals surface area contributed by atoms with Gasteiger partial charge in [0.05, 0.1) is 4.90 Å². The molecule has 0 saturated heterocycles. The highest BCUT2D eigenvalue weighted by atomic mass is 32.2. The van der Waals surface area contributed by atoms with E-state index in [2.05, 4.69) is 0 Å². The molecule has 0 bridgehead atoms. The Kier molecular flexibility index (Phi) is 4.25. The third kappa shape index (κ3) is 3.39. The number of rotatable bonds is 3. The maximum absolute atomic E-state index is 12.5. The average molecular weight is 297 g/mol. The topological polar surface area (TPSA) is 57.9 Å². The molecular weight excluding hydrogens is 282 g/mol. The molecule has 0 saturated carbocycles. The van der Waals surface area contributed by atoms with Crippen molar-refractivity contribution in [3.63, 3.8) is 0 Å². The van der Waals surface area contributed by atoms with E-state index in [1.54, 1.807) is 30.3 Å². The fourth-order valence-corrected chi connectivity index (χ4v) is 2.99. The Balaban J connectivity index is 2.47. The molecule has 0 spiro atoms. The second-order valence-corrected chi connectivity index (χ2v) is 6.77. The molecule has 2 aromatic carbocycles. The van der Waals surface area contributed by atoms with E-state index in [0.29, 0.717) is 5.56 Å². The molecule has 2 aromatic rings. The molecule has 0 heterocycles. The van der Waals surface area contributed by atoms with Gasteiger partial charge in [-0.3, -0.25) is 0 Å². The predicted octanol–water partition coefficient (Wildman–Crippen LogP) is 3.64. The van der Waals surface area contributed by atoms with Gasteiger partial charge in [-0.05, 0) is 37.6 Å². The first-order valence-electron chi connectivity index (χ1n) is 6.44. The van der Waals surface area contributed by atoms with Crippen molar-refractivity contribution in [2.75, 3.05) is 0 Å². The number of nitriles is 1. The minimum absolute atomic E-state index is 0.132. The Bertz CT molecular complexity index is 809. The molecule has 0 radical (unpaired) electrons. The number of sulfone groups is 1.